The molecule has 2 aliphatic heterocycles. The van der Waals surface area contributed by atoms with Gasteiger partial charge in [0, 0.05) is 18.0 Å². The first-order chi connectivity index (χ1) is 8.67. The Labute approximate surface area is 114 Å². The van der Waals surface area contributed by atoms with Gasteiger partial charge in [0.1, 0.15) is 5.01 Å². The zero-order valence-corrected chi connectivity index (χ0v) is 12.4. The topological polar surface area (TPSA) is 28.2 Å². The highest BCUT2D eigenvalue weighted by Crippen LogP contribution is 2.44. The number of thiazole rings is 1. The van der Waals surface area contributed by atoms with Crippen LogP contribution in [0.25, 0.3) is 0 Å². The fraction of sp³-hybridized carbons (Fsp3) is 0.786. The Hall–Kier alpha value is -0.450. The van der Waals surface area contributed by atoms with Crippen LogP contribution in [0.15, 0.2) is 5.38 Å². The average molecular weight is 265 g/mol. The molecule has 0 bridgehead atoms. The fourth-order valence-electron chi connectivity index (χ4n) is 3.54. The molecule has 1 aromatic heterocycles. The maximum atomic E-state index is 4.92. The third-order valence-electron chi connectivity index (χ3n) is 4.67. The summed E-state index contributed by atoms with van der Waals surface area (Å²) in [6.45, 7) is 6.95. The van der Waals surface area contributed by atoms with Crippen LogP contribution in [0.5, 0.6) is 0 Å². The van der Waals surface area contributed by atoms with Crippen LogP contribution in [0, 0.1) is 0 Å². The van der Waals surface area contributed by atoms with E-state index < -0.39 is 0 Å². The summed E-state index contributed by atoms with van der Waals surface area (Å²) >= 11 is 1.85. The lowest BCUT2D eigenvalue weighted by molar-refractivity contribution is 0.235. The Balaban J connectivity index is 1.95. The Morgan fingerprint density at radius 2 is 2.33 bits per heavy atom. The van der Waals surface area contributed by atoms with E-state index in [1.54, 1.807) is 0 Å². The van der Waals surface area contributed by atoms with Gasteiger partial charge in [-0.3, -0.25) is 4.90 Å². The normalized spacial score (nSPS) is 32.3. The molecule has 3 nitrogen and oxygen atoms in total. The second-order valence-corrected chi connectivity index (χ2v) is 6.76. The van der Waals surface area contributed by atoms with Crippen LogP contribution in [0.1, 0.15) is 49.7 Å². The van der Waals surface area contributed by atoms with Crippen molar-refractivity contribution in [3.8, 4) is 0 Å². The van der Waals surface area contributed by atoms with Gasteiger partial charge < -0.3 is 5.32 Å². The molecule has 0 amide bonds. The van der Waals surface area contributed by atoms with Gasteiger partial charge in [-0.15, -0.1) is 11.3 Å². The van der Waals surface area contributed by atoms with E-state index in [0.717, 1.165) is 0 Å². The second kappa shape index (κ2) is 4.58. The highest BCUT2D eigenvalue weighted by Gasteiger charge is 2.51. The minimum atomic E-state index is 0.119. The lowest BCUT2D eigenvalue weighted by atomic mass is 9.89. The van der Waals surface area contributed by atoms with Crippen molar-refractivity contribution in [2.24, 2.45) is 0 Å². The zero-order valence-electron chi connectivity index (χ0n) is 11.6. The second-order valence-electron chi connectivity index (χ2n) is 5.90. The highest BCUT2D eigenvalue weighted by molar-refractivity contribution is 7.09. The number of hydrogen-bond donors (Lipinski definition) is 1. The molecule has 1 N–H and O–H groups in total. The monoisotopic (exact) mass is 265 g/mol. The number of nitrogens with zero attached hydrogens (tertiary/aromatic N) is 2. The van der Waals surface area contributed by atoms with Crippen molar-refractivity contribution >= 4 is 11.3 Å². The summed E-state index contributed by atoms with van der Waals surface area (Å²) in [5, 5.41) is 7.18. The summed E-state index contributed by atoms with van der Waals surface area (Å²) in [7, 11) is 2.11. The lowest BCUT2D eigenvalue weighted by Gasteiger charge is -2.33. The van der Waals surface area contributed by atoms with Gasteiger partial charge in [0.15, 0.2) is 0 Å². The first kappa shape index (κ1) is 12.6. The van der Waals surface area contributed by atoms with Gasteiger partial charge in [-0.1, -0.05) is 13.8 Å². The van der Waals surface area contributed by atoms with Crippen LogP contribution in [0.2, 0.25) is 0 Å². The molecule has 0 spiro atoms. The van der Waals surface area contributed by atoms with E-state index in [9.17, 15) is 0 Å². The van der Waals surface area contributed by atoms with E-state index in [-0.39, 0.29) is 5.54 Å². The maximum Gasteiger partial charge on any atom is 0.115 e. The maximum absolute atomic E-state index is 4.92. The highest BCUT2D eigenvalue weighted by atomic mass is 32.1. The molecule has 0 radical (unpaired) electrons. The average Bonchev–Trinajstić information content (AvgIpc) is 3.05. The van der Waals surface area contributed by atoms with E-state index in [1.165, 1.54) is 43.1 Å². The molecule has 1 aromatic rings. The minimum Gasteiger partial charge on any atom is -0.307 e. The fourth-order valence-corrected chi connectivity index (χ4v) is 4.81. The van der Waals surface area contributed by atoms with E-state index in [1.807, 2.05) is 11.3 Å². The Morgan fingerprint density at radius 3 is 3.00 bits per heavy atom. The van der Waals surface area contributed by atoms with Crippen molar-refractivity contribution in [3.05, 3.63) is 16.1 Å². The molecule has 18 heavy (non-hydrogen) atoms. The van der Waals surface area contributed by atoms with Gasteiger partial charge >= 0.3 is 0 Å². The zero-order chi connectivity index (χ0) is 12.8. The largest absolute Gasteiger partial charge is 0.307 e. The minimum absolute atomic E-state index is 0.119. The molecule has 2 atom stereocenters. The summed E-state index contributed by atoms with van der Waals surface area (Å²) in [5.74, 6) is 0.532. The van der Waals surface area contributed by atoms with Gasteiger partial charge in [0.05, 0.1) is 11.2 Å². The molecule has 0 aromatic carbocycles. The van der Waals surface area contributed by atoms with E-state index in [2.05, 4.69) is 36.5 Å². The van der Waals surface area contributed by atoms with Crippen LogP contribution in [-0.2, 0) is 5.54 Å². The predicted molar refractivity (Wildman–Crippen MR) is 76.2 cm³/mol. The van der Waals surface area contributed by atoms with Crippen LogP contribution in [0.4, 0.5) is 0 Å². The molecule has 2 saturated heterocycles. The molecule has 3 heterocycles. The molecule has 2 unspecified atom stereocenters. The van der Waals surface area contributed by atoms with Gasteiger partial charge in [-0.05, 0) is 38.8 Å². The Bertz CT molecular complexity index is 428. The summed E-state index contributed by atoms with van der Waals surface area (Å²) < 4.78 is 0. The lowest BCUT2D eigenvalue weighted by Crippen LogP contribution is -2.48. The summed E-state index contributed by atoms with van der Waals surface area (Å²) in [4.78, 5) is 7.57. The molecule has 0 saturated carbocycles. The number of nitrogens with one attached hydrogen (secondary N) is 1. The molecule has 100 valence electrons. The number of hydrogen-bond acceptors (Lipinski definition) is 4. The molecule has 0 aliphatic carbocycles. The van der Waals surface area contributed by atoms with Crippen LogP contribution in [0.3, 0.4) is 0 Å². The smallest absolute Gasteiger partial charge is 0.115 e. The summed E-state index contributed by atoms with van der Waals surface area (Å²) in [5.41, 5.74) is 1.37. The van der Waals surface area contributed by atoms with E-state index in [4.69, 9.17) is 4.98 Å². The van der Waals surface area contributed by atoms with Crippen molar-refractivity contribution in [2.45, 2.75) is 50.6 Å². The first-order valence-electron chi connectivity index (χ1n) is 7.06. The Kier molecular flexibility index (Phi) is 3.20. The predicted octanol–water partition coefficient (Wildman–Crippen LogP) is 2.55. The summed E-state index contributed by atoms with van der Waals surface area (Å²) in [6, 6.07) is 0.661. The van der Waals surface area contributed by atoms with Crippen LogP contribution in [-0.4, -0.2) is 36.1 Å². The van der Waals surface area contributed by atoms with Crippen molar-refractivity contribution in [2.75, 3.05) is 20.1 Å². The molecular formula is C14H23N3S. The van der Waals surface area contributed by atoms with Gasteiger partial charge in [0.2, 0.25) is 0 Å². The number of likely N-dealkylation sites (N-methyl/N-ethyl adjacent to an activating group) is 1. The SMILES string of the molecule is CNC1(c2nc(C(C)C)cs2)CCN2CCCC21. The first-order valence-corrected chi connectivity index (χ1v) is 7.94. The van der Waals surface area contributed by atoms with E-state index in [0.29, 0.717) is 12.0 Å². The molecular weight excluding hydrogens is 242 g/mol. The van der Waals surface area contributed by atoms with Crippen LogP contribution < -0.4 is 5.32 Å². The molecule has 2 fully saturated rings. The van der Waals surface area contributed by atoms with Crippen molar-refractivity contribution in [1.82, 2.24) is 15.2 Å². The number of rotatable bonds is 3. The van der Waals surface area contributed by atoms with Crippen molar-refractivity contribution in [3.63, 3.8) is 0 Å². The third-order valence-corrected chi connectivity index (χ3v) is 5.71. The van der Waals surface area contributed by atoms with Gasteiger partial charge in [-0.2, -0.15) is 0 Å². The molecule has 2 aliphatic rings. The quantitative estimate of drug-likeness (QED) is 0.910. The van der Waals surface area contributed by atoms with Crippen molar-refractivity contribution < 1.29 is 0 Å². The number of fused-ring (bicyclic) bond motifs is 1. The van der Waals surface area contributed by atoms with Gasteiger partial charge in [0.25, 0.3) is 0 Å². The molecule has 3 rings (SSSR count). The molecule has 4 heteroatoms. The standard InChI is InChI=1S/C14H23N3S/c1-10(2)11-9-18-13(16-11)14(15-3)6-8-17-7-4-5-12(14)17/h9-10,12,15H,4-8H2,1-3H3. The van der Waals surface area contributed by atoms with E-state index >= 15 is 0 Å². The van der Waals surface area contributed by atoms with Crippen LogP contribution >= 0.6 is 11.3 Å². The summed E-state index contributed by atoms with van der Waals surface area (Å²) in [6.07, 6.45) is 3.87. The number of aromatic nitrogens is 1. The Morgan fingerprint density at radius 1 is 1.50 bits per heavy atom. The van der Waals surface area contributed by atoms with Crippen molar-refractivity contribution in [1.29, 1.82) is 0 Å². The van der Waals surface area contributed by atoms with Gasteiger partial charge in [-0.25, -0.2) is 4.98 Å². The third kappa shape index (κ3) is 1.74.